The van der Waals surface area contributed by atoms with Gasteiger partial charge in [0, 0.05) is 25.2 Å². The standard InChI is InChI=1S/C18H28N2O/c1-19-18-16-10-4-3-7-14(16)8-5-11-17(18)20(2)13-15-9-6-12-21-15/h3-4,7,10,15,17-19H,5-6,8-9,11-13H2,1-2H3. The number of aryl methyl sites for hydroxylation is 1. The highest BCUT2D eigenvalue weighted by Gasteiger charge is 2.31. The highest BCUT2D eigenvalue weighted by atomic mass is 16.5. The van der Waals surface area contributed by atoms with Crippen LogP contribution in [0.5, 0.6) is 0 Å². The van der Waals surface area contributed by atoms with Gasteiger partial charge in [-0.2, -0.15) is 0 Å². The van der Waals surface area contributed by atoms with Crippen molar-refractivity contribution in [1.29, 1.82) is 0 Å². The molecule has 3 nitrogen and oxygen atoms in total. The molecule has 1 aromatic carbocycles. The minimum Gasteiger partial charge on any atom is -0.377 e. The molecule has 0 amide bonds. The summed E-state index contributed by atoms with van der Waals surface area (Å²) in [4.78, 5) is 2.53. The monoisotopic (exact) mass is 288 g/mol. The van der Waals surface area contributed by atoms with Crippen LogP contribution in [0.3, 0.4) is 0 Å². The lowest BCUT2D eigenvalue weighted by Crippen LogP contribution is -2.44. The van der Waals surface area contributed by atoms with E-state index in [1.54, 1.807) is 0 Å². The number of fused-ring (bicyclic) bond motifs is 1. The molecule has 1 aromatic rings. The van der Waals surface area contributed by atoms with Crippen LogP contribution in [-0.4, -0.2) is 44.3 Å². The molecule has 2 aliphatic rings. The number of likely N-dealkylation sites (N-methyl/N-ethyl adjacent to an activating group) is 2. The van der Waals surface area contributed by atoms with Crippen molar-refractivity contribution < 1.29 is 4.74 Å². The molecule has 3 unspecified atom stereocenters. The van der Waals surface area contributed by atoms with E-state index in [-0.39, 0.29) is 0 Å². The lowest BCUT2D eigenvalue weighted by molar-refractivity contribution is 0.0593. The van der Waals surface area contributed by atoms with Crippen LogP contribution in [-0.2, 0) is 11.2 Å². The van der Waals surface area contributed by atoms with E-state index in [9.17, 15) is 0 Å². The number of ether oxygens (including phenoxy) is 1. The first-order valence-corrected chi connectivity index (χ1v) is 8.36. The van der Waals surface area contributed by atoms with Gasteiger partial charge in [-0.15, -0.1) is 0 Å². The van der Waals surface area contributed by atoms with Gasteiger partial charge in [0.2, 0.25) is 0 Å². The summed E-state index contributed by atoms with van der Waals surface area (Å²) in [6.45, 7) is 2.01. The van der Waals surface area contributed by atoms with Crippen LogP contribution in [0, 0.1) is 0 Å². The lowest BCUT2D eigenvalue weighted by atomic mass is 9.95. The van der Waals surface area contributed by atoms with E-state index in [0.29, 0.717) is 18.2 Å². The summed E-state index contributed by atoms with van der Waals surface area (Å²) in [7, 11) is 4.37. The molecule has 21 heavy (non-hydrogen) atoms. The van der Waals surface area contributed by atoms with Crippen LogP contribution in [0.15, 0.2) is 24.3 Å². The summed E-state index contributed by atoms with van der Waals surface area (Å²) in [5.41, 5.74) is 3.01. The molecule has 1 heterocycles. The quantitative estimate of drug-likeness (QED) is 0.862. The van der Waals surface area contributed by atoms with Crippen molar-refractivity contribution in [1.82, 2.24) is 10.2 Å². The summed E-state index contributed by atoms with van der Waals surface area (Å²) in [5, 5.41) is 3.57. The molecule has 3 heteroatoms. The van der Waals surface area contributed by atoms with E-state index in [1.165, 1.54) is 43.2 Å². The Morgan fingerprint density at radius 1 is 1.24 bits per heavy atom. The van der Waals surface area contributed by atoms with E-state index < -0.39 is 0 Å². The number of rotatable bonds is 4. The molecule has 1 fully saturated rings. The predicted molar refractivity (Wildman–Crippen MR) is 86.6 cm³/mol. The van der Waals surface area contributed by atoms with Crippen molar-refractivity contribution in [2.75, 3.05) is 27.2 Å². The molecular formula is C18H28N2O. The minimum absolute atomic E-state index is 0.426. The van der Waals surface area contributed by atoms with Crippen LogP contribution < -0.4 is 5.32 Å². The van der Waals surface area contributed by atoms with Gasteiger partial charge in [0.25, 0.3) is 0 Å². The van der Waals surface area contributed by atoms with Gasteiger partial charge in [0.1, 0.15) is 0 Å². The van der Waals surface area contributed by atoms with Gasteiger partial charge in [0.05, 0.1) is 6.10 Å². The van der Waals surface area contributed by atoms with Crippen molar-refractivity contribution in [2.45, 2.75) is 50.3 Å². The van der Waals surface area contributed by atoms with Crippen LogP contribution in [0.25, 0.3) is 0 Å². The molecule has 0 aromatic heterocycles. The number of hydrogen-bond donors (Lipinski definition) is 1. The van der Waals surface area contributed by atoms with Gasteiger partial charge in [-0.25, -0.2) is 0 Å². The van der Waals surface area contributed by atoms with Gasteiger partial charge in [-0.3, -0.25) is 4.90 Å². The minimum atomic E-state index is 0.426. The molecule has 0 bridgehead atoms. The summed E-state index contributed by atoms with van der Waals surface area (Å²) >= 11 is 0. The summed E-state index contributed by atoms with van der Waals surface area (Å²) < 4.78 is 5.82. The molecule has 1 aliphatic carbocycles. The second kappa shape index (κ2) is 6.91. The Hall–Kier alpha value is -0.900. The first-order chi connectivity index (χ1) is 10.3. The molecule has 3 rings (SSSR count). The Labute approximate surface area is 128 Å². The van der Waals surface area contributed by atoms with Crippen LogP contribution in [0.2, 0.25) is 0 Å². The fourth-order valence-electron chi connectivity index (χ4n) is 4.01. The Kier molecular flexibility index (Phi) is 4.94. The predicted octanol–water partition coefficient (Wildman–Crippen LogP) is 2.76. The normalized spacial score (nSPS) is 29.4. The third kappa shape index (κ3) is 3.31. The average Bonchev–Trinajstić information content (AvgIpc) is 2.92. The molecule has 1 aliphatic heterocycles. The maximum Gasteiger partial charge on any atom is 0.0702 e. The number of hydrogen-bond acceptors (Lipinski definition) is 3. The Balaban J connectivity index is 1.77. The highest BCUT2D eigenvalue weighted by Crippen LogP contribution is 2.31. The fourth-order valence-corrected chi connectivity index (χ4v) is 4.01. The number of benzene rings is 1. The van der Waals surface area contributed by atoms with Gasteiger partial charge in [-0.05, 0) is 57.3 Å². The second-order valence-corrected chi connectivity index (χ2v) is 6.50. The zero-order valence-corrected chi connectivity index (χ0v) is 13.3. The third-order valence-corrected chi connectivity index (χ3v) is 5.11. The molecule has 116 valence electrons. The molecule has 1 saturated heterocycles. The topological polar surface area (TPSA) is 24.5 Å². The average molecular weight is 288 g/mol. The molecule has 0 saturated carbocycles. The molecule has 0 radical (unpaired) electrons. The SMILES string of the molecule is CNC1c2ccccc2CCCC1N(C)CC1CCCO1. The second-order valence-electron chi connectivity index (χ2n) is 6.50. The van der Waals surface area contributed by atoms with Crippen molar-refractivity contribution in [2.24, 2.45) is 0 Å². The maximum atomic E-state index is 5.82. The van der Waals surface area contributed by atoms with Crippen molar-refractivity contribution in [3.8, 4) is 0 Å². The third-order valence-electron chi connectivity index (χ3n) is 5.11. The smallest absolute Gasteiger partial charge is 0.0702 e. The highest BCUT2D eigenvalue weighted by molar-refractivity contribution is 5.32. The Morgan fingerprint density at radius 2 is 2.10 bits per heavy atom. The Bertz CT molecular complexity index is 456. The van der Waals surface area contributed by atoms with Crippen LogP contribution >= 0.6 is 0 Å². The lowest BCUT2D eigenvalue weighted by Gasteiger charge is -2.35. The summed E-state index contributed by atoms with van der Waals surface area (Å²) in [6.07, 6.45) is 6.61. The van der Waals surface area contributed by atoms with Crippen molar-refractivity contribution in [3.63, 3.8) is 0 Å². The fraction of sp³-hybridized carbons (Fsp3) is 0.667. The van der Waals surface area contributed by atoms with E-state index in [1.807, 2.05) is 0 Å². The zero-order chi connectivity index (χ0) is 14.7. The molecule has 0 spiro atoms. The zero-order valence-electron chi connectivity index (χ0n) is 13.3. The first-order valence-electron chi connectivity index (χ1n) is 8.36. The van der Waals surface area contributed by atoms with Crippen molar-refractivity contribution in [3.05, 3.63) is 35.4 Å². The molecular weight excluding hydrogens is 260 g/mol. The number of nitrogens with zero attached hydrogens (tertiary/aromatic N) is 1. The summed E-state index contributed by atoms with van der Waals surface area (Å²) in [6, 6.07) is 9.92. The van der Waals surface area contributed by atoms with E-state index >= 15 is 0 Å². The van der Waals surface area contributed by atoms with Crippen molar-refractivity contribution >= 4 is 0 Å². The maximum absolute atomic E-state index is 5.82. The van der Waals surface area contributed by atoms with E-state index in [4.69, 9.17) is 4.74 Å². The van der Waals surface area contributed by atoms with Gasteiger partial charge in [0.15, 0.2) is 0 Å². The molecule has 1 N–H and O–H groups in total. The number of nitrogens with one attached hydrogen (secondary N) is 1. The van der Waals surface area contributed by atoms with Gasteiger partial charge in [-0.1, -0.05) is 24.3 Å². The summed E-state index contributed by atoms with van der Waals surface area (Å²) in [5.74, 6) is 0. The van der Waals surface area contributed by atoms with E-state index in [2.05, 4.69) is 48.6 Å². The van der Waals surface area contributed by atoms with Gasteiger partial charge < -0.3 is 10.1 Å². The first kappa shape index (κ1) is 15.0. The van der Waals surface area contributed by atoms with E-state index in [0.717, 1.165) is 13.2 Å². The van der Waals surface area contributed by atoms with Crippen LogP contribution in [0.1, 0.15) is 42.9 Å². The largest absolute Gasteiger partial charge is 0.377 e. The Morgan fingerprint density at radius 3 is 2.86 bits per heavy atom. The van der Waals surface area contributed by atoms with Crippen LogP contribution in [0.4, 0.5) is 0 Å². The molecule has 3 atom stereocenters. The van der Waals surface area contributed by atoms with Gasteiger partial charge >= 0.3 is 0 Å².